The number of phenols is 2. The number of rotatable bonds is 1. The van der Waals surface area contributed by atoms with Crippen LogP contribution in [0.1, 0.15) is 5.56 Å². The molecule has 3 N–H and O–H groups in total. The Morgan fingerprint density at radius 1 is 1.22 bits per heavy atom. The van der Waals surface area contributed by atoms with Gasteiger partial charge in [-0.25, -0.2) is 8.42 Å². The monoisotopic (exact) mass is 267 g/mol. The zero-order valence-electron chi connectivity index (χ0n) is 8.99. The Labute approximate surface area is 103 Å². The van der Waals surface area contributed by atoms with Crippen LogP contribution in [0.15, 0.2) is 34.6 Å². The highest BCUT2D eigenvalue weighted by Gasteiger charge is 2.38. The molecule has 94 valence electrons. The maximum absolute atomic E-state index is 11.8. The van der Waals surface area contributed by atoms with Gasteiger partial charge in [0.1, 0.15) is 11.0 Å². The molecule has 0 saturated heterocycles. The minimum atomic E-state index is -3.48. The summed E-state index contributed by atoms with van der Waals surface area (Å²) in [6.07, 6.45) is 0.797. The largest absolute Gasteiger partial charge is 0.504 e. The lowest BCUT2D eigenvalue weighted by atomic mass is 10.1. The predicted octanol–water partition coefficient (Wildman–Crippen LogP) is 0.612. The van der Waals surface area contributed by atoms with Crippen LogP contribution in [0, 0.1) is 0 Å². The van der Waals surface area contributed by atoms with Gasteiger partial charge in [0.05, 0.1) is 5.70 Å². The van der Waals surface area contributed by atoms with Crippen LogP contribution in [0.3, 0.4) is 0 Å². The molecule has 0 saturated carbocycles. The first-order valence-electron chi connectivity index (χ1n) is 5.10. The molecule has 7 heteroatoms. The van der Waals surface area contributed by atoms with Crippen molar-refractivity contribution in [3.8, 4) is 11.5 Å². The molecule has 0 radical (unpaired) electrons. The molecule has 1 aromatic carbocycles. The van der Waals surface area contributed by atoms with E-state index in [1.807, 2.05) is 0 Å². The lowest BCUT2D eigenvalue weighted by Gasteiger charge is -2.06. The topological polar surface area (TPSA) is 95.9 Å². The lowest BCUT2D eigenvalue weighted by molar-refractivity contribution is 0.0777. The Morgan fingerprint density at radius 2 is 2.00 bits per heavy atom. The van der Waals surface area contributed by atoms with Crippen molar-refractivity contribution < 1.29 is 23.5 Å². The van der Waals surface area contributed by atoms with E-state index < -0.39 is 15.9 Å². The quantitative estimate of drug-likeness (QED) is 0.645. The van der Waals surface area contributed by atoms with Crippen LogP contribution in [-0.2, 0) is 14.7 Å². The summed E-state index contributed by atoms with van der Waals surface area (Å²) >= 11 is 0. The average Bonchev–Trinajstić information content (AvgIpc) is 2.85. The molecule has 18 heavy (non-hydrogen) atoms. The number of nitrogens with one attached hydrogen (secondary N) is 1. The van der Waals surface area contributed by atoms with E-state index in [2.05, 4.69) is 5.48 Å². The molecule has 1 unspecified atom stereocenters. The van der Waals surface area contributed by atoms with Gasteiger partial charge in [-0.15, -0.1) is 0 Å². The van der Waals surface area contributed by atoms with Gasteiger partial charge in [0.25, 0.3) is 0 Å². The van der Waals surface area contributed by atoms with Crippen molar-refractivity contribution in [1.82, 2.24) is 5.48 Å². The number of fused-ring (bicyclic) bond motifs is 1. The second kappa shape index (κ2) is 3.50. The van der Waals surface area contributed by atoms with E-state index in [4.69, 9.17) is 4.84 Å². The second-order valence-corrected chi connectivity index (χ2v) is 5.76. The van der Waals surface area contributed by atoms with E-state index in [0.29, 0.717) is 5.56 Å². The van der Waals surface area contributed by atoms with Crippen LogP contribution in [0.25, 0.3) is 5.70 Å². The Morgan fingerprint density at radius 3 is 2.72 bits per heavy atom. The number of hydrogen-bond donors (Lipinski definition) is 3. The van der Waals surface area contributed by atoms with Gasteiger partial charge in [0.15, 0.2) is 11.5 Å². The van der Waals surface area contributed by atoms with Crippen LogP contribution in [-0.4, -0.2) is 24.7 Å². The molecule has 0 amide bonds. The maximum atomic E-state index is 11.8. The van der Waals surface area contributed by atoms with Crippen molar-refractivity contribution in [2.24, 2.45) is 0 Å². The van der Waals surface area contributed by atoms with Crippen LogP contribution in [0.4, 0.5) is 0 Å². The normalized spacial score (nSPS) is 24.1. The van der Waals surface area contributed by atoms with Crippen molar-refractivity contribution in [2.45, 2.75) is 6.10 Å². The van der Waals surface area contributed by atoms with Crippen LogP contribution < -0.4 is 5.48 Å². The molecular weight excluding hydrogens is 258 g/mol. The molecule has 0 bridgehead atoms. The molecule has 0 aromatic heterocycles. The number of phenolic OH excluding ortho intramolecular Hbond substituents is 2. The third kappa shape index (κ3) is 1.48. The summed E-state index contributed by atoms with van der Waals surface area (Å²) < 4.78 is 23.6. The first-order chi connectivity index (χ1) is 8.49. The van der Waals surface area contributed by atoms with Gasteiger partial charge in [0, 0.05) is 11.0 Å². The minimum absolute atomic E-state index is 0.118. The first kappa shape index (κ1) is 11.1. The number of benzene rings is 1. The van der Waals surface area contributed by atoms with Gasteiger partial charge in [-0.05, 0) is 24.3 Å². The molecule has 3 rings (SSSR count). The number of sulfone groups is 1. The number of aromatic hydroxyl groups is 2. The van der Waals surface area contributed by atoms with E-state index in [-0.39, 0.29) is 22.1 Å². The fourth-order valence-corrected chi connectivity index (χ4v) is 3.32. The molecular formula is C11H9NO5S. The molecule has 1 atom stereocenters. The SMILES string of the molecule is O=S1(=O)C=CC2ONC(c3ccc(O)c(O)c3)=C21. The average molecular weight is 267 g/mol. The van der Waals surface area contributed by atoms with Crippen molar-refractivity contribution in [3.05, 3.63) is 40.2 Å². The van der Waals surface area contributed by atoms with Crippen LogP contribution in [0.2, 0.25) is 0 Å². The van der Waals surface area contributed by atoms with E-state index >= 15 is 0 Å². The van der Waals surface area contributed by atoms with Gasteiger partial charge >= 0.3 is 0 Å². The third-order valence-corrected chi connectivity index (χ3v) is 4.36. The zero-order chi connectivity index (χ0) is 12.9. The minimum Gasteiger partial charge on any atom is -0.504 e. The summed E-state index contributed by atoms with van der Waals surface area (Å²) in [5, 5.41) is 19.7. The van der Waals surface area contributed by atoms with Gasteiger partial charge < -0.3 is 10.2 Å². The fraction of sp³-hybridized carbons (Fsp3) is 0.0909. The third-order valence-electron chi connectivity index (χ3n) is 2.80. The molecule has 0 aliphatic carbocycles. The van der Waals surface area contributed by atoms with Crippen LogP contribution >= 0.6 is 0 Å². The highest BCUT2D eigenvalue weighted by molar-refractivity contribution is 7.98. The molecule has 6 nitrogen and oxygen atoms in total. The summed E-state index contributed by atoms with van der Waals surface area (Å²) in [5.74, 6) is -0.596. The maximum Gasteiger partial charge on any atom is 0.200 e. The predicted molar refractivity (Wildman–Crippen MR) is 62.8 cm³/mol. The fourth-order valence-electron chi connectivity index (χ4n) is 1.93. The molecule has 2 aliphatic rings. The Kier molecular flexibility index (Phi) is 2.16. The summed E-state index contributed by atoms with van der Waals surface area (Å²) in [5.41, 5.74) is 3.24. The van der Waals surface area contributed by atoms with Crippen molar-refractivity contribution in [3.63, 3.8) is 0 Å². The molecule has 2 heterocycles. The molecule has 1 aromatic rings. The molecule has 2 aliphatic heterocycles. The summed E-state index contributed by atoms with van der Waals surface area (Å²) in [4.78, 5) is 5.23. The Balaban J connectivity index is 2.18. The van der Waals surface area contributed by atoms with Gasteiger partial charge in [-0.3, -0.25) is 10.3 Å². The molecule has 0 fully saturated rings. The highest BCUT2D eigenvalue weighted by atomic mass is 32.2. The van der Waals surface area contributed by atoms with Crippen molar-refractivity contribution >= 4 is 15.5 Å². The lowest BCUT2D eigenvalue weighted by Crippen LogP contribution is -2.09. The van der Waals surface area contributed by atoms with Gasteiger partial charge in [0.2, 0.25) is 9.84 Å². The van der Waals surface area contributed by atoms with E-state index in [0.717, 1.165) is 5.41 Å². The van der Waals surface area contributed by atoms with E-state index in [1.165, 1.54) is 24.3 Å². The van der Waals surface area contributed by atoms with Crippen LogP contribution in [0.5, 0.6) is 11.5 Å². The molecule has 0 spiro atoms. The Bertz CT molecular complexity index is 689. The highest BCUT2D eigenvalue weighted by Crippen LogP contribution is 2.37. The zero-order valence-corrected chi connectivity index (χ0v) is 9.81. The first-order valence-corrected chi connectivity index (χ1v) is 6.65. The Hall–Kier alpha value is -1.99. The van der Waals surface area contributed by atoms with Gasteiger partial charge in [-0.2, -0.15) is 0 Å². The smallest absolute Gasteiger partial charge is 0.200 e. The number of hydroxylamine groups is 1. The van der Waals surface area contributed by atoms with Gasteiger partial charge in [-0.1, -0.05) is 0 Å². The summed E-state index contributed by atoms with van der Waals surface area (Å²) in [6.45, 7) is 0. The summed E-state index contributed by atoms with van der Waals surface area (Å²) in [6, 6.07) is 4.04. The van der Waals surface area contributed by atoms with E-state index in [9.17, 15) is 18.6 Å². The second-order valence-electron chi connectivity index (χ2n) is 3.96. The van der Waals surface area contributed by atoms with E-state index in [1.54, 1.807) is 0 Å². The van der Waals surface area contributed by atoms with Crippen molar-refractivity contribution in [2.75, 3.05) is 0 Å². The van der Waals surface area contributed by atoms with Crippen molar-refractivity contribution in [1.29, 1.82) is 0 Å². The number of hydrogen-bond acceptors (Lipinski definition) is 6. The summed E-state index contributed by atoms with van der Waals surface area (Å²) in [7, 11) is -3.48. The standard InChI is InChI=1S/C11H9NO5S/c13-7-2-1-6(5-8(7)14)10-11-9(17-12-10)3-4-18(11,15)16/h1-5,9,12-14H.